The molecule has 1 heterocycles. The molecule has 1 nitrogen and oxygen atoms in total. The van der Waals surface area contributed by atoms with Gasteiger partial charge in [0, 0.05) is 13.1 Å². The number of hydrogen-bond acceptors (Lipinski definition) is 1. The summed E-state index contributed by atoms with van der Waals surface area (Å²) < 4.78 is 0. The van der Waals surface area contributed by atoms with Crippen LogP contribution in [-0.4, -0.2) is 18.0 Å². The fraction of sp³-hybridized carbons (Fsp3) is 0.905. The first kappa shape index (κ1) is 17.9. The van der Waals surface area contributed by atoms with Crippen LogP contribution in [0.15, 0.2) is 12.3 Å². The van der Waals surface area contributed by atoms with Crippen molar-refractivity contribution in [1.82, 2.24) is 4.90 Å². The number of rotatable bonds is 9. The Morgan fingerprint density at radius 1 is 0.818 bits per heavy atom. The molecule has 0 radical (unpaired) electrons. The predicted molar refractivity (Wildman–Crippen MR) is 98.0 cm³/mol. The summed E-state index contributed by atoms with van der Waals surface area (Å²) in [4.78, 5) is 2.55. The molecular formula is C21H39N. The molecule has 1 aliphatic carbocycles. The fourth-order valence-electron chi connectivity index (χ4n) is 4.19. The Morgan fingerprint density at radius 3 is 2.23 bits per heavy atom. The van der Waals surface area contributed by atoms with Gasteiger partial charge in [0.2, 0.25) is 0 Å². The average Bonchev–Trinajstić information content (AvgIpc) is 2.58. The molecule has 2 aliphatic rings. The maximum atomic E-state index is 2.55. The maximum absolute atomic E-state index is 2.55. The number of likely N-dealkylation sites (tertiary alicyclic amines) is 1. The number of piperidine rings is 1. The zero-order chi connectivity index (χ0) is 15.5. The minimum Gasteiger partial charge on any atom is -0.378 e. The van der Waals surface area contributed by atoms with Gasteiger partial charge in [-0.15, -0.1) is 0 Å². The third kappa shape index (κ3) is 7.20. The van der Waals surface area contributed by atoms with Crippen molar-refractivity contribution < 1.29 is 0 Å². The zero-order valence-electron chi connectivity index (χ0n) is 15.1. The molecule has 1 saturated carbocycles. The van der Waals surface area contributed by atoms with Crippen LogP contribution >= 0.6 is 0 Å². The molecule has 0 aromatic carbocycles. The second kappa shape index (κ2) is 11.1. The van der Waals surface area contributed by atoms with Crippen LogP contribution in [0.1, 0.15) is 96.8 Å². The Hall–Kier alpha value is -0.460. The summed E-state index contributed by atoms with van der Waals surface area (Å²) in [6.07, 6.45) is 25.3. The van der Waals surface area contributed by atoms with Crippen molar-refractivity contribution in [2.45, 2.75) is 96.8 Å². The van der Waals surface area contributed by atoms with E-state index in [4.69, 9.17) is 0 Å². The Balaban J connectivity index is 1.51. The topological polar surface area (TPSA) is 3.24 Å². The normalized spacial score (nSPS) is 26.7. The first-order valence-electron chi connectivity index (χ1n) is 10.3. The molecule has 0 aromatic heterocycles. The summed E-state index contributed by atoms with van der Waals surface area (Å²) >= 11 is 0. The van der Waals surface area contributed by atoms with Gasteiger partial charge in [-0.05, 0) is 63.0 Å². The highest BCUT2D eigenvalue weighted by Gasteiger charge is 2.19. The molecule has 0 aromatic rings. The third-order valence-electron chi connectivity index (χ3n) is 5.82. The van der Waals surface area contributed by atoms with E-state index < -0.39 is 0 Å². The number of nitrogens with zero attached hydrogens (tertiary/aromatic N) is 1. The van der Waals surface area contributed by atoms with E-state index in [1.165, 1.54) is 103 Å². The van der Waals surface area contributed by atoms with Crippen molar-refractivity contribution in [3.8, 4) is 0 Å². The lowest BCUT2D eigenvalue weighted by atomic mass is 9.79. The molecule has 2 fully saturated rings. The molecule has 0 N–H and O–H groups in total. The molecule has 22 heavy (non-hydrogen) atoms. The number of hydrogen-bond donors (Lipinski definition) is 0. The maximum Gasteiger partial charge on any atom is 0.0172 e. The highest BCUT2D eigenvalue weighted by Crippen LogP contribution is 2.33. The number of allylic oxidation sites excluding steroid dienone is 1. The van der Waals surface area contributed by atoms with Gasteiger partial charge in [-0.3, -0.25) is 0 Å². The third-order valence-corrected chi connectivity index (χ3v) is 5.82. The van der Waals surface area contributed by atoms with Crippen molar-refractivity contribution in [3.05, 3.63) is 12.3 Å². The minimum atomic E-state index is 0.878. The largest absolute Gasteiger partial charge is 0.378 e. The Morgan fingerprint density at radius 2 is 1.50 bits per heavy atom. The van der Waals surface area contributed by atoms with E-state index in [0.29, 0.717) is 0 Å². The Kier molecular flexibility index (Phi) is 9.05. The number of unbranched alkanes of at least 4 members (excludes halogenated alkanes) is 5. The highest BCUT2D eigenvalue weighted by molar-refractivity contribution is 4.91. The summed E-state index contributed by atoms with van der Waals surface area (Å²) in [5.41, 5.74) is 0. The molecule has 0 atom stereocenters. The van der Waals surface area contributed by atoms with E-state index in [1.54, 1.807) is 0 Å². The van der Waals surface area contributed by atoms with Crippen LogP contribution < -0.4 is 0 Å². The second-order valence-corrected chi connectivity index (χ2v) is 7.78. The summed E-state index contributed by atoms with van der Waals surface area (Å²) in [5.74, 6) is 1.92. The van der Waals surface area contributed by atoms with Gasteiger partial charge in [0.15, 0.2) is 0 Å². The average molecular weight is 306 g/mol. The zero-order valence-corrected chi connectivity index (χ0v) is 15.1. The Bertz CT molecular complexity index is 282. The molecule has 0 bridgehead atoms. The van der Waals surface area contributed by atoms with E-state index in [-0.39, 0.29) is 0 Å². The van der Waals surface area contributed by atoms with Gasteiger partial charge in [0.1, 0.15) is 0 Å². The van der Waals surface area contributed by atoms with Crippen LogP contribution in [-0.2, 0) is 0 Å². The van der Waals surface area contributed by atoms with Crippen molar-refractivity contribution in [2.75, 3.05) is 13.1 Å². The van der Waals surface area contributed by atoms with E-state index in [9.17, 15) is 0 Å². The van der Waals surface area contributed by atoms with Crippen LogP contribution in [0.4, 0.5) is 0 Å². The first-order chi connectivity index (χ1) is 10.9. The molecule has 1 saturated heterocycles. The summed E-state index contributed by atoms with van der Waals surface area (Å²) in [6, 6.07) is 0. The molecule has 0 spiro atoms. The standard InChI is InChI=1S/C21H39N/c1-2-3-4-5-6-8-11-20-12-14-21(15-13-20)16-19-22-17-9-7-10-18-22/h16,19-21H,2-15,17-18H2,1H3/b19-16+. The molecule has 0 unspecified atom stereocenters. The van der Waals surface area contributed by atoms with Gasteiger partial charge >= 0.3 is 0 Å². The lowest BCUT2D eigenvalue weighted by molar-refractivity contribution is 0.279. The fourth-order valence-corrected chi connectivity index (χ4v) is 4.19. The molecule has 2 rings (SSSR count). The van der Waals surface area contributed by atoms with Crippen LogP contribution in [0.5, 0.6) is 0 Å². The van der Waals surface area contributed by atoms with Crippen molar-refractivity contribution in [3.63, 3.8) is 0 Å². The van der Waals surface area contributed by atoms with Crippen molar-refractivity contribution >= 4 is 0 Å². The summed E-state index contributed by atoms with van der Waals surface area (Å²) in [5, 5.41) is 0. The Labute approximate surface area is 139 Å². The van der Waals surface area contributed by atoms with Gasteiger partial charge in [-0.25, -0.2) is 0 Å². The van der Waals surface area contributed by atoms with E-state index in [2.05, 4.69) is 24.1 Å². The monoisotopic (exact) mass is 305 g/mol. The lowest BCUT2D eigenvalue weighted by Crippen LogP contribution is -2.24. The van der Waals surface area contributed by atoms with Gasteiger partial charge in [0.25, 0.3) is 0 Å². The van der Waals surface area contributed by atoms with Gasteiger partial charge in [-0.1, -0.05) is 57.9 Å². The lowest BCUT2D eigenvalue weighted by Gasteiger charge is -2.29. The molecule has 128 valence electrons. The van der Waals surface area contributed by atoms with Gasteiger partial charge < -0.3 is 4.90 Å². The summed E-state index contributed by atoms with van der Waals surface area (Å²) in [6.45, 7) is 4.89. The van der Waals surface area contributed by atoms with Gasteiger partial charge in [-0.2, -0.15) is 0 Å². The SMILES string of the molecule is CCCCCCCCC1CCC(/C=C/N2CCCCC2)CC1. The quantitative estimate of drug-likeness (QED) is 0.437. The highest BCUT2D eigenvalue weighted by atomic mass is 15.1. The molecule has 0 amide bonds. The smallest absolute Gasteiger partial charge is 0.0172 e. The second-order valence-electron chi connectivity index (χ2n) is 7.78. The van der Waals surface area contributed by atoms with Gasteiger partial charge in [0.05, 0.1) is 0 Å². The molecule has 1 aliphatic heterocycles. The van der Waals surface area contributed by atoms with Crippen LogP contribution in [0.25, 0.3) is 0 Å². The van der Waals surface area contributed by atoms with Crippen molar-refractivity contribution in [2.24, 2.45) is 11.8 Å². The minimum absolute atomic E-state index is 0.878. The van der Waals surface area contributed by atoms with E-state index >= 15 is 0 Å². The van der Waals surface area contributed by atoms with E-state index in [1.807, 2.05) is 0 Å². The molecule has 1 heteroatoms. The van der Waals surface area contributed by atoms with E-state index in [0.717, 1.165) is 11.8 Å². The van der Waals surface area contributed by atoms with Crippen LogP contribution in [0.2, 0.25) is 0 Å². The van der Waals surface area contributed by atoms with Crippen LogP contribution in [0, 0.1) is 11.8 Å². The predicted octanol–water partition coefficient (Wildman–Crippen LogP) is 6.54. The summed E-state index contributed by atoms with van der Waals surface area (Å²) in [7, 11) is 0. The van der Waals surface area contributed by atoms with Crippen molar-refractivity contribution in [1.29, 1.82) is 0 Å². The van der Waals surface area contributed by atoms with Crippen LogP contribution in [0.3, 0.4) is 0 Å². The molecular weight excluding hydrogens is 266 g/mol. The first-order valence-corrected chi connectivity index (χ1v) is 10.3.